The number of hydrogen-bond acceptors (Lipinski definition) is 5. The van der Waals surface area contributed by atoms with Gasteiger partial charge in [0.1, 0.15) is 22.6 Å². The van der Waals surface area contributed by atoms with E-state index >= 15 is 0 Å². The number of benzene rings is 1. The van der Waals surface area contributed by atoms with Gasteiger partial charge in [-0.1, -0.05) is 11.6 Å². The summed E-state index contributed by atoms with van der Waals surface area (Å²) in [5, 5.41) is 14.8. The van der Waals surface area contributed by atoms with Crippen LogP contribution in [0.2, 0.25) is 5.02 Å². The Hall–Kier alpha value is -1.68. The van der Waals surface area contributed by atoms with Crippen LogP contribution < -0.4 is 10.1 Å². The number of halogens is 2. The van der Waals surface area contributed by atoms with Crippen LogP contribution in [0, 0.1) is 17.1 Å². The van der Waals surface area contributed by atoms with Crippen molar-refractivity contribution in [3.05, 3.63) is 45.1 Å². The van der Waals surface area contributed by atoms with Crippen molar-refractivity contribution in [1.82, 2.24) is 10.3 Å². The highest BCUT2D eigenvalue weighted by atomic mass is 35.5. The third kappa shape index (κ3) is 2.14. The molecule has 0 aliphatic carbocycles. The molecular formula is C13H9ClFN3OS. The van der Waals surface area contributed by atoms with Gasteiger partial charge in [0.2, 0.25) is 0 Å². The smallest absolute Gasteiger partial charge is 0.185 e. The molecule has 1 aliphatic heterocycles. The molecule has 0 bridgehead atoms. The predicted octanol–water partition coefficient (Wildman–Crippen LogP) is 2.68. The van der Waals surface area contributed by atoms with Gasteiger partial charge in [-0.15, -0.1) is 11.3 Å². The lowest BCUT2D eigenvalue weighted by Gasteiger charge is -2.41. The summed E-state index contributed by atoms with van der Waals surface area (Å²) in [6.07, 6.45) is 1.70. The molecule has 0 unspecified atom stereocenters. The first-order chi connectivity index (χ1) is 9.64. The topological polar surface area (TPSA) is 57.9 Å². The second-order valence-corrected chi connectivity index (χ2v) is 5.71. The third-order valence-electron chi connectivity index (χ3n) is 3.09. The van der Waals surface area contributed by atoms with Crippen LogP contribution in [0.5, 0.6) is 5.75 Å². The molecule has 0 atom stereocenters. The van der Waals surface area contributed by atoms with Gasteiger partial charge in [0.25, 0.3) is 0 Å². The van der Waals surface area contributed by atoms with Gasteiger partial charge in [-0.2, -0.15) is 5.26 Å². The monoisotopic (exact) mass is 309 g/mol. The van der Waals surface area contributed by atoms with Crippen LogP contribution in [0.15, 0.2) is 23.7 Å². The maximum Gasteiger partial charge on any atom is 0.185 e. The molecule has 2 heterocycles. The summed E-state index contributed by atoms with van der Waals surface area (Å²) in [7, 11) is 0. The van der Waals surface area contributed by atoms with E-state index in [0.29, 0.717) is 13.1 Å². The van der Waals surface area contributed by atoms with Gasteiger partial charge in [-0.25, -0.2) is 9.37 Å². The van der Waals surface area contributed by atoms with Crippen molar-refractivity contribution in [2.75, 3.05) is 13.1 Å². The lowest BCUT2D eigenvalue weighted by Crippen LogP contribution is -2.60. The summed E-state index contributed by atoms with van der Waals surface area (Å²) >= 11 is 7.24. The highest BCUT2D eigenvalue weighted by molar-refractivity contribution is 7.09. The van der Waals surface area contributed by atoms with E-state index < -0.39 is 11.4 Å². The first-order valence-electron chi connectivity index (χ1n) is 5.83. The molecule has 3 rings (SSSR count). The average Bonchev–Trinajstić information content (AvgIpc) is 2.91. The highest BCUT2D eigenvalue weighted by Crippen LogP contribution is 2.36. The molecule has 1 aromatic carbocycles. The summed E-state index contributed by atoms with van der Waals surface area (Å²) in [6.45, 7) is 1.17. The van der Waals surface area contributed by atoms with Gasteiger partial charge in [-0.3, -0.25) is 0 Å². The minimum Gasteiger partial charge on any atom is -0.476 e. The normalized spacial score (nSPS) is 16.2. The zero-order chi connectivity index (χ0) is 14.2. The fourth-order valence-electron chi connectivity index (χ4n) is 1.98. The fraction of sp³-hybridized carbons (Fsp3) is 0.231. The van der Waals surface area contributed by atoms with E-state index in [1.165, 1.54) is 17.4 Å². The first-order valence-corrected chi connectivity index (χ1v) is 7.09. The van der Waals surface area contributed by atoms with E-state index in [1.807, 2.05) is 11.4 Å². The van der Waals surface area contributed by atoms with Crippen LogP contribution >= 0.6 is 22.9 Å². The SMILES string of the molecule is N#Cc1cc(F)c(Cl)cc1OC1(c2nccs2)CNC1. The predicted molar refractivity (Wildman–Crippen MR) is 73.4 cm³/mol. The van der Waals surface area contributed by atoms with Gasteiger partial charge >= 0.3 is 0 Å². The number of hydrogen-bond donors (Lipinski definition) is 1. The Morgan fingerprint density at radius 1 is 1.50 bits per heavy atom. The highest BCUT2D eigenvalue weighted by Gasteiger charge is 2.44. The van der Waals surface area contributed by atoms with Gasteiger partial charge in [0.05, 0.1) is 10.6 Å². The molecule has 7 heteroatoms. The molecule has 4 nitrogen and oxygen atoms in total. The van der Waals surface area contributed by atoms with Crippen LogP contribution in [0.4, 0.5) is 4.39 Å². The van der Waals surface area contributed by atoms with Crippen LogP contribution in [0.25, 0.3) is 0 Å². The standard InChI is InChI=1S/C13H9ClFN3OS/c14-9-4-11(8(5-16)3-10(9)15)19-13(6-17-7-13)12-18-1-2-20-12/h1-4,17H,6-7H2. The van der Waals surface area contributed by atoms with Crippen molar-refractivity contribution < 1.29 is 9.13 Å². The lowest BCUT2D eigenvalue weighted by atomic mass is 9.97. The molecular weight excluding hydrogens is 301 g/mol. The number of aromatic nitrogens is 1. The zero-order valence-corrected chi connectivity index (χ0v) is 11.8. The van der Waals surface area contributed by atoms with E-state index in [4.69, 9.17) is 21.6 Å². The number of nitrogens with one attached hydrogen (secondary N) is 1. The number of thiazole rings is 1. The van der Waals surface area contributed by atoms with Crippen LogP contribution in [0.3, 0.4) is 0 Å². The molecule has 102 valence electrons. The molecule has 1 fully saturated rings. The first kappa shape index (κ1) is 13.3. The maximum atomic E-state index is 13.4. The van der Waals surface area contributed by atoms with Gasteiger partial charge in [-0.05, 0) is 6.07 Å². The summed E-state index contributed by atoms with van der Waals surface area (Å²) in [5.74, 6) is -0.360. The number of nitriles is 1. The van der Waals surface area contributed by atoms with Crippen molar-refractivity contribution >= 4 is 22.9 Å². The Kier molecular flexibility index (Phi) is 3.34. The van der Waals surface area contributed by atoms with E-state index in [-0.39, 0.29) is 16.3 Å². The van der Waals surface area contributed by atoms with Crippen LogP contribution in [-0.4, -0.2) is 18.1 Å². The molecule has 20 heavy (non-hydrogen) atoms. The van der Waals surface area contributed by atoms with Crippen molar-refractivity contribution in [3.8, 4) is 11.8 Å². The zero-order valence-electron chi connectivity index (χ0n) is 10.2. The minimum atomic E-state index is -0.634. The Balaban J connectivity index is 1.99. The Bertz CT molecular complexity index is 680. The fourth-order valence-corrected chi connectivity index (χ4v) is 2.91. The second-order valence-electron chi connectivity index (χ2n) is 4.41. The molecule has 1 aliphatic rings. The minimum absolute atomic E-state index is 0.0689. The molecule has 1 N–H and O–H groups in total. The molecule has 0 amide bonds. The number of nitrogens with zero attached hydrogens (tertiary/aromatic N) is 2. The number of rotatable bonds is 3. The maximum absolute atomic E-state index is 13.4. The van der Waals surface area contributed by atoms with E-state index in [0.717, 1.165) is 11.1 Å². The van der Waals surface area contributed by atoms with Crippen LogP contribution in [0.1, 0.15) is 10.6 Å². The molecule has 2 aromatic rings. The quantitative estimate of drug-likeness (QED) is 0.947. The Labute approximate surface area is 123 Å². The lowest BCUT2D eigenvalue weighted by molar-refractivity contribution is 0.0116. The van der Waals surface area contributed by atoms with Gasteiger partial charge in [0, 0.05) is 30.7 Å². The van der Waals surface area contributed by atoms with Crippen molar-refractivity contribution in [2.24, 2.45) is 0 Å². The molecule has 0 radical (unpaired) electrons. The van der Waals surface area contributed by atoms with Crippen molar-refractivity contribution in [2.45, 2.75) is 5.60 Å². The van der Waals surface area contributed by atoms with E-state index in [9.17, 15) is 4.39 Å². The average molecular weight is 310 g/mol. The Morgan fingerprint density at radius 2 is 2.30 bits per heavy atom. The van der Waals surface area contributed by atoms with Crippen molar-refractivity contribution in [3.63, 3.8) is 0 Å². The summed E-state index contributed by atoms with van der Waals surface area (Å²) in [5.41, 5.74) is -0.490. The summed E-state index contributed by atoms with van der Waals surface area (Å²) in [6, 6.07) is 4.34. The molecule has 0 spiro atoms. The summed E-state index contributed by atoms with van der Waals surface area (Å²) in [4.78, 5) is 4.27. The van der Waals surface area contributed by atoms with Crippen molar-refractivity contribution in [1.29, 1.82) is 5.26 Å². The second kappa shape index (κ2) is 5.02. The third-order valence-corrected chi connectivity index (χ3v) is 4.34. The molecule has 1 aromatic heterocycles. The van der Waals surface area contributed by atoms with E-state index in [2.05, 4.69) is 10.3 Å². The molecule has 1 saturated heterocycles. The summed E-state index contributed by atoms with van der Waals surface area (Å²) < 4.78 is 19.3. The number of ether oxygens (including phenoxy) is 1. The van der Waals surface area contributed by atoms with Gasteiger partial charge < -0.3 is 10.1 Å². The van der Waals surface area contributed by atoms with E-state index in [1.54, 1.807) is 6.20 Å². The largest absolute Gasteiger partial charge is 0.476 e. The molecule has 0 saturated carbocycles. The van der Waals surface area contributed by atoms with Gasteiger partial charge in [0.15, 0.2) is 5.60 Å². The van der Waals surface area contributed by atoms with Crippen LogP contribution in [-0.2, 0) is 5.60 Å². The Morgan fingerprint density at radius 3 is 2.85 bits per heavy atom.